The first-order chi connectivity index (χ1) is 11.1. The highest BCUT2D eigenvalue weighted by Crippen LogP contribution is 2.24. The van der Waals surface area contributed by atoms with Crippen molar-refractivity contribution in [3.63, 3.8) is 0 Å². The molecule has 0 fully saturated rings. The number of aromatic nitrogens is 3. The van der Waals surface area contributed by atoms with Gasteiger partial charge < -0.3 is 24.9 Å². The highest BCUT2D eigenvalue weighted by molar-refractivity contribution is 6.35. The van der Waals surface area contributed by atoms with Gasteiger partial charge in [-0.1, -0.05) is 11.6 Å². The number of hydrogen-bond donors (Lipinski definition) is 2. The SMILES string of the molecule is CCOC(C[C@@H](CO)Cn1cnc2c(Cl)cc(N)nc21)OCC. The van der Waals surface area contributed by atoms with Crippen molar-refractivity contribution in [2.45, 2.75) is 33.1 Å². The van der Waals surface area contributed by atoms with Crippen LogP contribution in [0.4, 0.5) is 5.82 Å². The molecule has 1 atom stereocenters. The molecule has 0 amide bonds. The zero-order chi connectivity index (χ0) is 16.8. The maximum absolute atomic E-state index is 9.68. The van der Waals surface area contributed by atoms with Crippen molar-refractivity contribution in [3.8, 4) is 0 Å². The quantitative estimate of drug-likeness (QED) is 0.677. The van der Waals surface area contributed by atoms with E-state index in [2.05, 4.69) is 9.97 Å². The fourth-order valence-electron chi connectivity index (χ4n) is 2.46. The molecule has 0 aliphatic heterocycles. The highest BCUT2D eigenvalue weighted by Gasteiger charge is 2.19. The van der Waals surface area contributed by atoms with Crippen LogP contribution in [0, 0.1) is 5.92 Å². The van der Waals surface area contributed by atoms with Crippen molar-refractivity contribution in [2.24, 2.45) is 5.92 Å². The van der Waals surface area contributed by atoms with Crippen LogP contribution >= 0.6 is 11.6 Å². The molecule has 2 aromatic rings. The molecule has 23 heavy (non-hydrogen) atoms. The number of rotatable bonds is 9. The van der Waals surface area contributed by atoms with Gasteiger partial charge in [0.1, 0.15) is 11.3 Å². The average Bonchev–Trinajstić information content (AvgIpc) is 2.90. The van der Waals surface area contributed by atoms with Crippen LogP contribution in [0.1, 0.15) is 20.3 Å². The number of nitrogens with zero attached hydrogens (tertiary/aromatic N) is 3. The van der Waals surface area contributed by atoms with Crippen molar-refractivity contribution in [1.29, 1.82) is 0 Å². The van der Waals surface area contributed by atoms with E-state index in [1.165, 1.54) is 0 Å². The number of imidazole rings is 1. The summed E-state index contributed by atoms with van der Waals surface area (Å²) in [6.07, 6.45) is 1.90. The average molecular weight is 343 g/mol. The van der Waals surface area contributed by atoms with E-state index in [1.54, 1.807) is 12.4 Å². The number of ether oxygens (including phenoxy) is 2. The molecule has 0 aromatic carbocycles. The molecule has 0 bridgehead atoms. The monoisotopic (exact) mass is 342 g/mol. The Kier molecular flexibility index (Phi) is 6.59. The van der Waals surface area contributed by atoms with Gasteiger partial charge in [-0.05, 0) is 13.8 Å². The summed E-state index contributed by atoms with van der Waals surface area (Å²) >= 11 is 6.13. The van der Waals surface area contributed by atoms with Crippen molar-refractivity contribution in [3.05, 3.63) is 17.4 Å². The van der Waals surface area contributed by atoms with Gasteiger partial charge in [-0.25, -0.2) is 9.97 Å². The van der Waals surface area contributed by atoms with Gasteiger partial charge in [0.2, 0.25) is 0 Å². The van der Waals surface area contributed by atoms with Gasteiger partial charge in [0.05, 0.1) is 11.3 Å². The van der Waals surface area contributed by atoms with Crippen LogP contribution in [0.15, 0.2) is 12.4 Å². The van der Waals surface area contributed by atoms with Gasteiger partial charge >= 0.3 is 0 Å². The number of nitrogen functional groups attached to an aromatic ring is 1. The van der Waals surface area contributed by atoms with E-state index in [0.29, 0.717) is 48.2 Å². The van der Waals surface area contributed by atoms with Crippen LogP contribution in [0.25, 0.3) is 11.2 Å². The summed E-state index contributed by atoms with van der Waals surface area (Å²) in [5.41, 5.74) is 6.96. The number of hydrogen-bond acceptors (Lipinski definition) is 6. The molecule has 0 radical (unpaired) electrons. The topological polar surface area (TPSA) is 95.4 Å². The molecule has 2 rings (SSSR count). The Morgan fingerprint density at radius 2 is 2.04 bits per heavy atom. The minimum absolute atomic E-state index is 0.00632. The predicted molar refractivity (Wildman–Crippen MR) is 89.2 cm³/mol. The summed E-state index contributed by atoms with van der Waals surface area (Å²) < 4.78 is 12.9. The molecular formula is C15H23ClN4O3. The third-order valence-corrected chi connectivity index (χ3v) is 3.78. The minimum atomic E-state index is -0.335. The van der Waals surface area contributed by atoms with Crippen molar-refractivity contribution < 1.29 is 14.6 Å². The lowest BCUT2D eigenvalue weighted by molar-refractivity contribution is -0.148. The molecule has 0 saturated heterocycles. The summed E-state index contributed by atoms with van der Waals surface area (Å²) in [4.78, 5) is 8.55. The van der Waals surface area contributed by atoms with E-state index in [1.807, 2.05) is 18.4 Å². The zero-order valence-corrected chi connectivity index (χ0v) is 14.2. The van der Waals surface area contributed by atoms with Crippen LogP contribution in [-0.2, 0) is 16.0 Å². The third-order valence-electron chi connectivity index (χ3n) is 3.49. The Morgan fingerprint density at radius 3 is 2.65 bits per heavy atom. The summed E-state index contributed by atoms with van der Waals surface area (Å²) in [5, 5.41) is 10.1. The van der Waals surface area contributed by atoms with Crippen molar-refractivity contribution in [1.82, 2.24) is 14.5 Å². The van der Waals surface area contributed by atoms with Gasteiger partial charge in [0.15, 0.2) is 11.9 Å². The summed E-state index contributed by atoms with van der Waals surface area (Å²) in [5.74, 6) is 0.281. The second-order valence-electron chi connectivity index (χ2n) is 5.22. The molecule has 0 spiro atoms. The van der Waals surface area contributed by atoms with Gasteiger partial charge in [0.25, 0.3) is 0 Å². The van der Waals surface area contributed by atoms with Gasteiger partial charge in [0, 0.05) is 44.8 Å². The van der Waals surface area contributed by atoms with E-state index in [9.17, 15) is 5.11 Å². The Morgan fingerprint density at radius 1 is 1.35 bits per heavy atom. The van der Waals surface area contributed by atoms with Gasteiger partial charge in [-0.2, -0.15) is 0 Å². The molecule has 2 heterocycles. The predicted octanol–water partition coefficient (Wildman–Crippen LogP) is 2.06. The molecule has 0 aliphatic carbocycles. The molecule has 0 aliphatic rings. The first kappa shape index (κ1) is 17.9. The van der Waals surface area contributed by atoms with Crippen LogP contribution in [-0.4, -0.2) is 45.8 Å². The number of fused-ring (bicyclic) bond motifs is 1. The molecular weight excluding hydrogens is 320 g/mol. The van der Waals surface area contributed by atoms with E-state index in [4.69, 9.17) is 26.8 Å². The van der Waals surface area contributed by atoms with E-state index in [-0.39, 0.29) is 18.8 Å². The number of halogens is 1. The molecule has 0 unspecified atom stereocenters. The lowest BCUT2D eigenvalue weighted by Gasteiger charge is -2.22. The number of pyridine rings is 1. The normalized spacial score (nSPS) is 13.1. The van der Waals surface area contributed by atoms with Crippen LogP contribution in [0.3, 0.4) is 0 Å². The Bertz CT molecular complexity index is 628. The van der Waals surface area contributed by atoms with Crippen LogP contribution in [0.2, 0.25) is 5.02 Å². The first-order valence-electron chi connectivity index (χ1n) is 7.69. The largest absolute Gasteiger partial charge is 0.396 e. The summed E-state index contributed by atoms with van der Waals surface area (Å²) in [6, 6.07) is 1.57. The Hall–Kier alpha value is -1.41. The van der Waals surface area contributed by atoms with E-state index >= 15 is 0 Å². The lowest BCUT2D eigenvalue weighted by Crippen LogP contribution is -2.25. The molecule has 2 aromatic heterocycles. The molecule has 3 N–H and O–H groups in total. The molecule has 128 valence electrons. The summed E-state index contributed by atoms with van der Waals surface area (Å²) in [6.45, 7) is 5.48. The van der Waals surface area contributed by atoms with Crippen molar-refractivity contribution in [2.75, 3.05) is 25.6 Å². The van der Waals surface area contributed by atoms with Gasteiger partial charge in [-0.15, -0.1) is 0 Å². The molecule has 0 saturated carbocycles. The maximum atomic E-state index is 9.68. The maximum Gasteiger partial charge on any atom is 0.163 e. The standard InChI is InChI=1S/C15H23ClN4O3/c1-3-22-13(23-4-2)5-10(8-21)7-20-9-18-14-11(16)6-12(17)19-15(14)20/h6,9-10,13,21H,3-5,7-8H2,1-2H3,(H2,17,19)/t10-/m1/s1. The number of aliphatic hydroxyl groups excluding tert-OH is 1. The van der Waals surface area contributed by atoms with E-state index in [0.717, 1.165) is 0 Å². The lowest BCUT2D eigenvalue weighted by atomic mass is 10.1. The van der Waals surface area contributed by atoms with E-state index < -0.39 is 0 Å². The minimum Gasteiger partial charge on any atom is -0.396 e. The zero-order valence-electron chi connectivity index (χ0n) is 13.4. The highest BCUT2D eigenvalue weighted by atomic mass is 35.5. The first-order valence-corrected chi connectivity index (χ1v) is 8.07. The van der Waals surface area contributed by atoms with Crippen molar-refractivity contribution >= 4 is 28.6 Å². The Labute approximate surface area is 140 Å². The van der Waals surface area contributed by atoms with Gasteiger partial charge in [-0.3, -0.25) is 0 Å². The van der Waals surface area contributed by atoms with Crippen LogP contribution in [0.5, 0.6) is 0 Å². The third kappa shape index (κ3) is 4.54. The van der Waals surface area contributed by atoms with Crippen LogP contribution < -0.4 is 5.73 Å². The smallest absolute Gasteiger partial charge is 0.163 e. The number of aliphatic hydroxyl groups is 1. The number of nitrogens with two attached hydrogens (primary N) is 1. The molecule has 8 heteroatoms. The fourth-order valence-corrected chi connectivity index (χ4v) is 2.71. The Balaban J connectivity index is 2.15. The second-order valence-corrected chi connectivity index (χ2v) is 5.63. The summed E-state index contributed by atoms with van der Waals surface area (Å²) in [7, 11) is 0. The fraction of sp³-hybridized carbons (Fsp3) is 0.600. The second kappa shape index (κ2) is 8.44. The number of anilines is 1. The molecule has 7 nitrogen and oxygen atoms in total.